The summed E-state index contributed by atoms with van der Waals surface area (Å²) in [6, 6.07) is 5.56. The minimum Gasteiger partial charge on any atom is -0.373 e. The number of rotatable bonds is 1. The maximum Gasteiger partial charge on any atom is 0.248 e. The molecule has 0 radical (unpaired) electrons. The highest BCUT2D eigenvalue weighted by Crippen LogP contribution is 2.27. The van der Waals surface area contributed by atoms with Crippen molar-refractivity contribution in [1.29, 1.82) is 0 Å². The number of hydrogen-bond donors (Lipinski definition) is 1. The molecule has 0 aliphatic carbocycles. The van der Waals surface area contributed by atoms with Gasteiger partial charge in [0.2, 0.25) is 5.91 Å². The maximum atomic E-state index is 11.0. The third kappa shape index (κ3) is 1.51. The van der Waals surface area contributed by atoms with Crippen LogP contribution in [0, 0.1) is 0 Å². The van der Waals surface area contributed by atoms with Crippen molar-refractivity contribution in [3.05, 3.63) is 34.9 Å². The number of benzene rings is 1. The topological polar surface area (TPSA) is 52.3 Å². The Morgan fingerprint density at radius 2 is 2.36 bits per heavy atom. The number of amides is 1. The van der Waals surface area contributed by atoms with Crippen molar-refractivity contribution in [3.8, 4) is 0 Å². The Morgan fingerprint density at radius 1 is 1.57 bits per heavy atom. The lowest BCUT2D eigenvalue weighted by Crippen LogP contribution is -2.17. The van der Waals surface area contributed by atoms with Crippen LogP contribution in [0.2, 0.25) is 0 Å². The number of ether oxygens (including phenoxy) is 1. The summed E-state index contributed by atoms with van der Waals surface area (Å²) in [6.07, 6.45) is 0.988. The zero-order chi connectivity index (χ0) is 10.1. The van der Waals surface area contributed by atoms with Gasteiger partial charge in [0.25, 0.3) is 0 Å². The van der Waals surface area contributed by atoms with Crippen LogP contribution in [0.3, 0.4) is 0 Å². The van der Waals surface area contributed by atoms with Gasteiger partial charge >= 0.3 is 0 Å². The van der Waals surface area contributed by atoms with Crippen molar-refractivity contribution in [2.24, 2.45) is 5.73 Å². The average Bonchev–Trinajstić information content (AvgIpc) is 2.17. The summed E-state index contributed by atoms with van der Waals surface area (Å²) in [5.74, 6) is -0.369. The van der Waals surface area contributed by atoms with Crippen molar-refractivity contribution in [1.82, 2.24) is 0 Å². The molecular weight excluding hydrogens is 178 g/mol. The molecule has 1 heterocycles. The molecule has 1 unspecified atom stereocenters. The largest absolute Gasteiger partial charge is 0.373 e. The predicted molar refractivity (Wildman–Crippen MR) is 53.0 cm³/mol. The second-order valence-electron chi connectivity index (χ2n) is 3.54. The molecule has 0 fully saturated rings. The third-order valence-corrected chi connectivity index (χ3v) is 2.60. The quantitative estimate of drug-likeness (QED) is 0.729. The molecule has 3 heteroatoms. The van der Waals surface area contributed by atoms with Gasteiger partial charge in [0.05, 0.1) is 12.7 Å². The van der Waals surface area contributed by atoms with E-state index in [2.05, 4.69) is 0 Å². The summed E-state index contributed by atoms with van der Waals surface area (Å²) in [4.78, 5) is 11.0. The normalized spacial score (nSPS) is 20.2. The number of primary amides is 1. The van der Waals surface area contributed by atoms with Gasteiger partial charge in [-0.25, -0.2) is 0 Å². The first-order chi connectivity index (χ1) is 6.68. The molecule has 0 bridgehead atoms. The van der Waals surface area contributed by atoms with E-state index in [1.807, 2.05) is 19.1 Å². The number of carbonyl (C=O) groups excluding carboxylic acids is 1. The molecule has 1 aliphatic rings. The van der Waals surface area contributed by atoms with E-state index in [1.54, 1.807) is 6.07 Å². The lowest BCUT2D eigenvalue weighted by Gasteiger charge is -2.23. The van der Waals surface area contributed by atoms with Crippen molar-refractivity contribution >= 4 is 5.91 Å². The standard InChI is InChI=1S/C11H13NO2/c1-7-10-3-2-9(11(12)13)6-8(10)4-5-14-7/h2-3,6-7H,4-5H2,1H3,(H2,12,13). The van der Waals surface area contributed by atoms with E-state index in [9.17, 15) is 4.79 Å². The van der Waals surface area contributed by atoms with Gasteiger partial charge < -0.3 is 10.5 Å². The molecule has 1 aromatic carbocycles. The fourth-order valence-electron chi connectivity index (χ4n) is 1.81. The van der Waals surface area contributed by atoms with Crippen molar-refractivity contribution in [2.45, 2.75) is 19.4 Å². The SMILES string of the molecule is CC1OCCc2cc(C(N)=O)ccc21. The van der Waals surface area contributed by atoms with E-state index < -0.39 is 0 Å². The Hall–Kier alpha value is -1.35. The smallest absolute Gasteiger partial charge is 0.248 e. The van der Waals surface area contributed by atoms with E-state index in [4.69, 9.17) is 10.5 Å². The molecule has 2 rings (SSSR count). The molecule has 1 amide bonds. The maximum absolute atomic E-state index is 11.0. The van der Waals surface area contributed by atoms with Gasteiger partial charge in [-0.15, -0.1) is 0 Å². The van der Waals surface area contributed by atoms with E-state index in [-0.39, 0.29) is 12.0 Å². The van der Waals surface area contributed by atoms with Crippen LogP contribution in [-0.2, 0) is 11.2 Å². The first-order valence-corrected chi connectivity index (χ1v) is 4.72. The van der Waals surface area contributed by atoms with Crippen LogP contribution in [-0.4, -0.2) is 12.5 Å². The second kappa shape index (κ2) is 3.42. The molecule has 0 spiro atoms. The van der Waals surface area contributed by atoms with Gasteiger partial charge in [0.1, 0.15) is 0 Å². The molecule has 14 heavy (non-hydrogen) atoms. The van der Waals surface area contributed by atoms with Gasteiger partial charge in [-0.1, -0.05) is 6.07 Å². The summed E-state index contributed by atoms with van der Waals surface area (Å²) in [5, 5.41) is 0. The van der Waals surface area contributed by atoms with Crippen LogP contribution < -0.4 is 5.73 Å². The van der Waals surface area contributed by atoms with E-state index in [0.29, 0.717) is 5.56 Å². The number of hydrogen-bond acceptors (Lipinski definition) is 2. The lowest BCUT2D eigenvalue weighted by molar-refractivity contribution is 0.0554. The Labute approximate surface area is 82.9 Å². The monoisotopic (exact) mass is 191 g/mol. The number of carbonyl (C=O) groups is 1. The summed E-state index contributed by atoms with van der Waals surface area (Å²) in [6.45, 7) is 2.73. The summed E-state index contributed by atoms with van der Waals surface area (Å²) in [5.41, 5.74) is 8.14. The Morgan fingerprint density at radius 3 is 3.07 bits per heavy atom. The number of nitrogens with two attached hydrogens (primary N) is 1. The van der Waals surface area contributed by atoms with Crippen LogP contribution >= 0.6 is 0 Å². The van der Waals surface area contributed by atoms with Gasteiger partial charge in [0.15, 0.2) is 0 Å². The van der Waals surface area contributed by atoms with E-state index >= 15 is 0 Å². The van der Waals surface area contributed by atoms with E-state index in [1.165, 1.54) is 11.1 Å². The van der Waals surface area contributed by atoms with Crippen molar-refractivity contribution in [3.63, 3.8) is 0 Å². The summed E-state index contributed by atoms with van der Waals surface area (Å²) >= 11 is 0. The highest BCUT2D eigenvalue weighted by molar-refractivity contribution is 5.93. The molecular formula is C11H13NO2. The summed E-state index contributed by atoms with van der Waals surface area (Å²) in [7, 11) is 0. The highest BCUT2D eigenvalue weighted by Gasteiger charge is 2.17. The lowest BCUT2D eigenvalue weighted by atomic mass is 9.96. The van der Waals surface area contributed by atoms with Crippen LogP contribution in [0.15, 0.2) is 18.2 Å². The van der Waals surface area contributed by atoms with Crippen LogP contribution in [0.25, 0.3) is 0 Å². The second-order valence-corrected chi connectivity index (χ2v) is 3.54. The zero-order valence-corrected chi connectivity index (χ0v) is 8.12. The third-order valence-electron chi connectivity index (χ3n) is 2.60. The van der Waals surface area contributed by atoms with Gasteiger partial charge in [-0.3, -0.25) is 4.79 Å². The molecule has 2 N–H and O–H groups in total. The predicted octanol–water partition coefficient (Wildman–Crippen LogP) is 1.42. The van der Waals surface area contributed by atoms with Gasteiger partial charge in [-0.05, 0) is 36.6 Å². The molecule has 1 aliphatic heterocycles. The molecule has 1 aromatic rings. The fraction of sp³-hybridized carbons (Fsp3) is 0.364. The molecule has 1 atom stereocenters. The number of fused-ring (bicyclic) bond motifs is 1. The molecule has 3 nitrogen and oxygen atoms in total. The van der Waals surface area contributed by atoms with E-state index in [0.717, 1.165) is 13.0 Å². The van der Waals surface area contributed by atoms with Gasteiger partial charge in [0, 0.05) is 5.56 Å². The Balaban J connectivity index is 2.44. The molecule has 74 valence electrons. The van der Waals surface area contributed by atoms with Crippen LogP contribution in [0.1, 0.15) is 34.5 Å². The first kappa shape index (κ1) is 9.21. The Bertz CT molecular complexity index is 374. The summed E-state index contributed by atoms with van der Waals surface area (Å²) < 4.78 is 5.49. The molecule has 0 saturated heterocycles. The minimum atomic E-state index is -0.369. The average molecular weight is 191 g/mol. The zero-order valence-electron chi connectivity index (χ0n) is 8.12. The first-order valence-electron chi connectivity index (χ1n) is 4.72. The van der Waals surface area contributed by atoms with Crippen LogP contribution in [0.4, 0.5) is 0 Å². The fourth-order valence-corrected chi connectivity index (χ4v) is 1.81. The van der Waals surface area contributed by atoms with Gasteiger partial charge in [-0.2, -0.15) is 0 Å². The Kier molecular flexibility index (Phi) is 2.25. The molecule has 0 saturated carbocycles. The van der Waals surface area contributed by atoms with Crippen LogP contribution in [0.5, 0.6) is 0 Å². The minimum absolute atomic E-state index is 0.126. The highest BCUT2D eigenvalue weighted by atomic mass is 16.5. The van der Waals surface area contributed by atoms with Crippen molar-refractivity contribution in [2.75, 3.05) is 6.61 Å². The van der Waals surface area contributed by atoms with Crippen molar-refractivity contribution < 1.29 is 9.53 Å². The molecule has 0 aromatic heterocycles.